The molecule has 1 fully saturated rings. The molecule has 0 spiro atoms. The van der Waals surface area contributed by atoms with Gasteiger partial charge in [0.25, 0.3) is 0 Å². The second kappa shape index (κ2) is 6.75. The minimum atomic E-state index is -3.39. The molecule has 2 rings (SSSR count). The molecule has 1 aliphatic rings. The van der Waals surface area contributed by atoms with Crippen molar-refractivity contribution in [3.63, 3.8) is 0 Å². The van der Waals surface area contributed by atoms with E-state index in [1.807, 2.05) is 12.3 Å². The summed E-state index contributed by atoms with van der Waals surface area (Å²) in [6.07, 6.45) is 0. The molecule has 2 atom stereocenters. The quantitative estimate of drug-likeness (QED) is 0.890. The van der Waals surface area contributed by atoms with Gasteiger partial charge < -0.3 is 5.32 Å². The van der Waals surface area contributed by atoms with E-state index in [0.717, 1.165) is 11.4 Å². The van der Waals surface area contributed by atoms with E-state index in [1.54, 1.807) is 10.4 Å². The van der Waals surface area contributed by atoms with Crippen molar-refractivity contribution in [3.05, 3.63) is 16.3 Å². The molecule has 2 heterocycles. The lowest BCUT2D eigenvalue weighted by Gasteiger charge is -2.41. The largest absolute Gasteiger partial charge is 0.312 e. The van der Waals surface area contributed by atoms with Crippen molar-refractivity contribution in [3.8, 4) is 0 Å². The Morgan fingerprint density at radius 1 is 1.33 bits per heavy atom. The van der Waals surface area contributed by atoms with E-state index < -0.39 is 10.0 Å². The zero-order valence-corrected chi connectivity index (χ0v) is 14.8. The summed E-state index contributed by atoms with van der Waals surface area (Å²) in [5, 5.41) is 5.07. The van der Waals surface area contributed by atoms with Crippen LogP contribution in [0.15, 0.2) is 16.3 Å². The Labute approximate surface area is 132 Å². The average molecular weight is 332 g/mol. The summed E-state index contributed by atoms with van der Waals surface area (Å²) in [5.74, 6) is 0. The minimum Gasteiger partial charge on any atom is -0.312 e. The zero-order chi connectivity index (χ0) is 15.6. The summed E-state index contributed by atoms with van der Waals surface area (Å²) < 4.78 is 27.5. The minimum absolute atomic E-state index is 0.236. The number of rotatable bonds is 5. The van der Waals surface area contributed by atoms with Crippen LogP contribution in [0, 0.1) is 0 Å². The Kier molecular flexibility index (Phi) is 5.43. The molecular weight excluding hydrogens is 306 g/mol. The highest BCUT2D eigenvalue weighted by atomic mass is 32.2. The number of thiophene rings is 1. The lowest BCUT2D eigenvalue weighted by atomic mass is 10.1. The van der Waals surface area contributed by atoms with Gasteiger partial charge in [0, 0.05) is 36.6 Å². The molecule has 0 radical (unpaired) electrons. The number of hydrogen-bond acceptors (Lipinski definition) is 5. The monoisotopic (exact) mass is 331 g/mol. The van der Waals surface area contributed by atoms with Gasteiger partial charge in [0.15, 0.2) is 0 Å². The van der Waals surface area contributed by atoms with Gasteiger partial charge in [-0.3, -0.25) is 4.90 Å². The van der Waals surface area contributed by atoms with Crippen molar-refractivity contribution < 1.29 is 8.42 Å². The fourth-order valence-electron chi connectivity index (χ4n) is 2.62. The first kappa shape index (κ1) is 16.9. The van der Waals surface area contributed by atoms with Gasteiger partial charge in [-0.1, -0.05) is 6.92 Å². The number of hydrogen-bond donors (Lipinski definition) is 1. The smallest absolute Gasteiger partial charge is 0.244 e. The van der Waals surface area contributed by atoms with Crippen LogP contribution in [0.4, 0.5) is 0 Å². The molecule has 1 saturated heterocycles. The molecule has 1 aliphatic heterocycles. The molecule has 0 aliphatic carbocycles. The molecular formula is C14H25N3O2S2. The van der Waals surface area contributed by atoms with Crippen LogP contribution in [-0.4, -0.2) is 56.4 Å². The predicted octanol–water partition coefficient (Wildman–Crippen LogP) is 1.57. The van der Waals surface area contributed by atoms with Crippen LogP contribution < -0.4 is 5.32 Å². The van der Waals surface area contributed by atoms with Crippen LogP contribution in [-0.2, 0) is 16.6 Å². The molecule has 7 heteroatoms. The average Bonchev–Trinajstić information content (AvgIpc) is 2.91. The number of nitrogens with zero attached hydrogens (tertiary/aromatic N) is 2. The third kappa shape index (κ3) is 3.48. The maximum absolute atomic E-state index is 12.9. The molecule has 0 aromatic carbocycles. The van der Waals surface area contributed by atoms with E-state index in [-0.39, 0.29) is 12.1 Å². The van der Waals surface area contributed by atoms with Gasteiger partial charge in [-0.15, -0.1) is 11.3 Å². The lowest BCUT2D eigenvalue weighted by Crippen LogP contribution is -2.56. The zero-order valence-electron chi connectivity index (χ0n) is 13.2. The standard InChI is InChI=1S/C14H25N3O2S2/c1-5-15-8-13-14(6-7-20-13)21(18,19)17-9-11(2)16(4)12(3)10-17/h6-7,11-12,15H,5,8-10H2,1-4H3. The van der Waals surface area contributed by atoms with Crippen molar-refractivity contribution in [1.82, 2.24) is 14.5 Å². The fourth-order valence-corrected chi connectivity index (χ4v) is 5.60. The molecule has 2 unspecified atom stereocenters. The van der Waals surface area contributed by atoms with Gasteiger partial charge in [0.2, 0.25) is 10.0 Å². The van der Waals surface area contributed by atoms with Crippen LogP contribution in [0.2, 0.25) is 0 Å². The first-order chi connectivity index (χ1) is 9.87. The van der Waals surface area contributed by atoms with Crippen molar-refractivity contribution >= 4 is 21.4 Å². The van der Waals surface area contributed by atoms with Crippen LogP contribution in [0.25, 0.3) is 0 Å². The Bertz CT molecular complexity index is 559. The van der Waals surface area contributed by atoms with E-state index in [1.165, 1.54) is 11.3 Å². The van der Waals surface area contributed by atoms with Crippen LogP contribution in [0.1, 0.15) is 25.6 Å². The maximum Gasteiger partial charge on any atom is 0.244 e. The Morgan fingerprint density at radius 3 is 2.52 bits per heavy atom. The van der Waals surface area contributed by atoms with Crippen LogP contribution >= 0.6 is 11.3 Å². The van der Waals surface area contributed by atoms with Gasteiger partial charge in [-0.05, 0) is 38.9 Å². The molecule has 120 valence electrons. The molecule has 5 nitrogen and oxygen atoms in total. The fraction of sp³-hybridized carbons (Fsp3) is 0.714. The summed E-state index contributed by atoms with van der Waals surface area (Å²) in [7, 11) is -1.34. The van der Waals surface area contributed by atoms with Gasteiger partial charge in [0.1, 0.15) is 0 Å². The summed E-state index contributed by atoms with van der Waals surface area (Å²) in [6.45, 7) is 8.73. The number of likely N-dealkylation sites (N-methyl/N-ethyl adjacent to an activating group) is 1. The molecule has 1 aromatic heterocycles. The Hall–Kier alpha value is -0.470. The van der Waals surface area contributed by atoms with Gasteiger partial charge in [0.05, 0.1) is 4.90 Å². The van der Waals surface area contributed by atoms with Crippen LogP contribution in [0.5, 0.6) is 0 Å². The van der Waals surface area contributed by atoms with Crippen molar-refractivity contribution in [2.24, 2.45) is 0 Å². The van der Waals surface area contributed by atoms with E-state index in [4.69, 9.17) is 0 Å². The first-order valence-electron chi connectivity index (χ1n) is 7.37. The van der Waals surface area contributed by atoms with Crippen LogP contribution in [0.3, 0.4) is 0 Å². The topological polar surface area (TPSA) is 52.7 Å². The molecule has 0 amide bonds. The lowest BCUT2D eigenvalue weighted by molar-refractivity contribution is 0.105. The van der Waals surface area contributed by atoms with Crippen molar-refractivity contribution in [2.45, 2.75) is 44.3 Å². The first-order valence-corrected chi connectivity index (χ1v) is 9.69. The molecule has 1 aromatic rings. The number of nitrogens with one attached hydrogen (secondary N) is 1. The highest BCUT2D eigenvalue weighted by molar-refractivity contribution is 7.89. The Morgan fingerprint density at radius 2 is 1.95 bits per heavy atom. The van der Waals surface area contributed by atoms with Crippen molar-refractivity contribution in [1.29, 1.82) is 0 Å². The van der Waals surface area contributed by atoms with Gasteiger partial charge >= 0.3 is 0 Å². The summed E-state index contributed by atoms with van der Waals surface area (Å²) in [5.41, 5.74) is 0. The third-order valence-corrected chi connectivity index (χ3v) is 7.15. The summed E-state index contributed by atoms with van der Waals surface area (Å²) in [4.78, 5) is 3.60. The van der Waals surface area contributed by atoms with E-state index in [0.29, 0.717) is 24.5 Å². The second-order valence-corrected chi connectivity index (χ2v) is 8.58. The third-order valence-electron chi connectivity index (χ3n) is 4.18. The second-order valence-electron chi connectivity index (χ2n) is 5.67. The van der Waals surface area contributed by atoms with Gasteiger partial charge in [-0.2, -0.15) is 4.31 Å². The van der Waals surface area contributed by atoms with Gasteiger partial charge in [-0.25, -0.2) is 8.42 Å². The highest BCUT2D eigenvalue weighted by Gasteiger charge is 2.35. The molecule has 1 N–H and O–H groups in total. The van der Waals surface area contributed by atoms with Crippen molar-refractivity contribution in [2.75, 3.05) is 26.7 Å². The van der Waals surface area contributed by atoms with E-state index >= 15 is 0 Å². The number of piperazine rings is 1. The van der Waals surface area contributed by atoms with E-state index in [2.05, 4.69) is 31.1 Å². The molecule has 0 saturated carbocycles. The Balaban J connectivity index is 2.24. The highest BCUT2D eigenvalue weighted by Crippen LogP contribution is 2.27. The van der Waals surface area contributed by atoms with E-state index in [9.17, 15) is 8.42 Å². The number of sulfonamides is 1. The maximum atomic E-state index is 12.9. The summed E-state index contributed by atoms with van der Waals surface area (Å²) >= 11 is 1.50. The molecule has 21 heavy (non-hydrogen) atoms. The summed E-state index contributed by atoms with van der Waals surface area (Å²) in [6, 6.07) is 2.21. The SMILES string of the molecule is CCNCc1sccc1S(=O)(=O)N1CC(C)N(C)C(C)C1. The molecule has 0 bridgehead atoms. The normalized spacial score (nSPS) is 25.3. The predicted molar refractivity (Wildman–Crippen MR) is 87.1 cm³/mol.